The first kappa shape index (κ1) is 22.3. The molecule has 0 bridgehead atoms. The lowest BCUT2D eigenvalue weighted by molar-refractivity contribution is -0.148. The summed E-state index contributed by atoms with van der Waals surface area (Å²) in [7, 11) is 0. The van der Waals surface area contributed by atoms with E-state index in [1.54, 1.807) is 13.8 Å². The molecule has 31 heavy (non-hydrogen) atoms. The molecule has 3 N–H and O–H groups in total. The summed E-state index contributed by atoms with van der Waals surface area (Å²) in [6.07, 6.45) is -0.322. The van der Waals surface area contributed by atoms with Crippen molar-refractivity contribution in [2.45, 2.75) is 39.2 Å². The smallest absolute Gasteiger partial charge is 0.407 e. The van der Waals surface area contributed by atoms with E-state index in [1.807, 2.05) is 36.4 Å². The molecule has 0 spiro atoms. The van der Waals surface area contributed by atoms with Crippen LogP contribution in [0.25, 0.3) is 11.1 Å². The monoisotopic (exact) mass is 424 g/mol. The molecule has 0 saturated heterocycles. The SMILES string of the molecule is CCC(C)(CNC(=O)C(C)NC(=O)OCC1c2ccccc2-c2ccccc21)C(=O)O. The van der Waals surface area contributed by atoms with E-state index in [0.717, 1.165) is 22.3 Å². The molecule has 1 aliphatic rings. The molecule has 164 valence electrons. The molecule has 7 heteroatoms. The highest BCUT2D eigenvalue weighted by Crippen LogP contribution is 2.44. The molecule has 0 saturated carbocycles. The van der Waals surface area contributed by atoms with Gasteiger partial charge in [0.15, 0.2) is 0 Å². The minimum atomic E-state index is -1.06. The van der Waals surface area contributed by atoms with Gasteiger partial charge in [0.1, 0.15) is 12.6 Å². The summed E-state index contributed by atoms with van der Waals surface area (Å²) in [4.78, 5) is 35.9. The van der Waals surface area contributed by atoms with Crippen molar-refractivity contribution in [1.29, 1.82) is 0 Å². The summed E-state index contributed by atoms with van der Waals surface area (Å²) in [5, 5.41) is 14.4. The van der Waals surface area contributed by atoms with E-state index in [-0.39, 0.29) is 19.1 Å². The topological polar surface area (TPSA) is 105 Å². The molecule has 0 fully saturated rings. The molecule has 2 unspecified atom stereocenters. The largest absolute Gasteiger partial charge is 0.481 e. The van der Waals surface area contributed by atoms with Crippen molar-refractivity contribution in [2.75, 3.05) is 13.2 Å². The van der Waals surface area contributed by atoms with Gasteiger partial charge in [-0.1, -0.05) is 55.5 Å². The lowest BCUT2D eigenvalue weighted by Gasteiger charge is -2.24. The minimum Gasteiger partial charge on any atom is -0.481 e. The molecule has 0 heterocycles. The maximum atomic E-state index is 12.3. The molecule has 1 aliphatic carbocycles. The number of ether oxygens (including phenoxy) is 1. The number of alkyl carbamates (subject to hydrolysis) is 1. The van der Waals surface area contributed by atoms with Crippen LogP contribution in [0.15, 0.2) is 48.5 Å². The molecular weight excluding hydrogens is 396 g/mol. The molecule has 2 aromatic carbocycles. The Morgan fingerprint density at radius 1 is 1.06 bits per heavy atom. The Morgan fingerprint density at radius 3 is 2.13 bits per heavy atom. The van der Waals surface area contributed by atoms with Crippen molar-refractivity contribution in [3.05, 3.63) is 59.7 Å². The van der Waals surface area contributed by atoms with E-state index in [1.165, 1.54) is 6.92 Å². The van der Waals surface area contributed by atoms with Crippen LogP contribution in [0.4, 0.5) is 4.79 Å². The van der Waals surface area contributed by atoms with Crippen LogP contribution in [-0.4, -0.2) is 42.3 Å². The van der Waals surface area contributed by atoms with E-state index in [2.05, 4.69) is 22.8 Å². The van der Waals surface area contributed by atoms with E-state index in [0.29, 0.717) is 6.42 Å². The highest BCUT2D eigenvalue weighted by atomic mass is 16.5. The van der Waals surface area contributed by atoms with Gasteiger partial charge in [-0.15, -0.1) is 0 Å². The van der Waals surface area contributed by atoms with Crippen LogP contribution in [-0.2, 0) is 14.3 Å². The minimum absolute atomic E-state index is 0.0195. The summed E-state index contributed by atoms with van der Waals surface area (Å²) in [5.74, 6) is -1.51. The molecule has 0 aromatic heterocycles. The second-order valence-corrected chi connectivity index (χ2v) is 8.13. The van der Waals surface area contributed by atoms with Crippen LogP contribution in [0.5, 0.6) is 0 Å². The van der Waals surface area contributed by atoms with Gasteiger partial charge >= 0.3 is 12.1 Å². The molecule has 2 amide bonds. The molecule has 2 atom stereocenters. The number of carboxylic acid groups (broad SMARTS) is 1. The van der Waals surface area contributed by atoms with Gasteiger partial charge in [0.2, 0.25) is 5.91 Å². The number of nitrogens with one attached hydrogen (secondary N) is 2. The number of hydrogen-bond acceptors (Lipinski definition) is 4. The first-order chi connectivity index (χ1) is 14.8. The number of hydrogen-bond donors (Lipinski definition) is 3. The van der Waals surface area contributed by atoms with E-state index in [4.69, 9.17) is 4.74 Å². The Balaban J connectivity index is 1.56. The van der Waals surface area contributed by atoms with Gasteiger partial charge in [0.25, 0.3) is 0 Å². The summed E-state index contributed by atoms with van der Waals surface area (Å²) >= 11 is 0. The molecule has 0 radical (unpaired) electrons. The van der Waals surface area contributed by atoms with Gasteiger partial charge in [0, 0.05) is 12.5 Å². The van der Waals surface area contributed by atoms with Crippen molar-refractivity contribution in [3.8, 4) is 11.1 Å². The van der Waals surface area contributed by atoms with Gasteiger partial charge in [-0.2, -0.15) is 0 Å². The number of fused-ring (bicyclic) bond motifs is 3. The molecule has 3 rings (SSSR count). The summed E-state index contributed by atoms with van der Waals surface area (Å²) < 4.78 is 5.44. The zero-order valence-corrected chi connectivity index (χ0v) is 18.0. The number of rotatable bonds is 8. The lowest BCUT2D eigenvalue weighted by Crippen LogP contribution is -2.49. The third-order valence-corrected chi connectivity index (χ3v) is 6.02. The Kier molecular flexibility index (Phi) is 6.63. The highest BCUT2D eigenvalue weighted by molar-refractivity contribution is 5.86. The average Bonchev–Trinajstić information content (AvgIpc) is 3.09. The molecule has 7 nitrogen and oxygen atoms in total. The third kappa shape index (κ3) is 4.71. The maximum absolute atomic E-state index is 12.3. The summed E-state index contributed by atoms with van der Waals surface area (Å²) in [6.45, 7) is 4.98. The third-order valence-electron chi connectivity index (χ3n) is 6.02. The first-order valence-corrected chi connectivity index (χ1v) is 10.4. The normalized spacial score (nSPS) is 15.2. The van der Waals surface area contributed by atoms with Crippen molar-refractivity contribution in [2.24, 2.45) is 5.41 Å². The van der Waals surface area contributed by atoms with Crippen LogP contribution < -0.4 is 10.6 Å². The van der Waals surface area contributed by atoms with Crippen molar-refractivity contribution < 1.29 is 24.2 Å². The fourth-order valence-electron chi connectivity index (χ4n) is 3.67. The Hall–Kier alpha value is -3.35. The second-order valence-electron chi connectivity index (χ2n) is 8.13. The molecular formula is C24H28N2O5. The van der Waals surface area contributed by atoms with Gasteiger partial charge in [-0.25, -0.2) is 4.79 Å². The standard InChI is InChI=1S/C24H28N2O5/c1-4-24(3,22(28)29)14-25-21(27)15(2)26-23(30)31-13-20-18-11-7-5-9-16(18)17-10-6-8-12-19(17)20/h5-12,15,20H,4,13-14H2,1-3H3,(H,25,27)(H,26,30)(H,28,29). The number of benzene rings is 2. The fraction of sp³-hybridized carbons (Fsp3) is 0.375. The van der Waals surface area contributed by atoms with Crippen LogP contribution >= 0.6 is 0 Å². The summed E-state index contributed by atoms with van der Waals surface area (Å²) in [6, 6.07) is 15.2. The fourth-order valence-corrected chi connectivity index (χ4v) is 3.67. The number of carbonyl (C=O) groups is 3. The predicted octanol–water partition coefficient (Wildman–Crippen LogP) is 3.53. The Bertz CT molecular complexity index is 944. The Labute approximate surface area is 181 Å². The second kappa shape index (κ2) is 9.20. The van der Waals surface area contributed by atoms with E-state index in [9.17, 15) is 19.5 Å². The van der Waals surface area contributed by atoms with Gasteiger partial charge in [-0.3, -0.25) is 9.59 Å². The van der Waals surface area contributed by atoms with Crippen molar-refractivity contribution in [1.82, 2.24) is 10.6 Å². The number of carboxylic acids is 1. The van der Waals surface area contributed by atoms with Crippen LogP contribution in [0.3, 0.4) is 0 Å². The zero-order chi connectivity index (χ0) is 22.6. The Morgan fingerprint density at radius 2 is 1.61 bits per heavy atom. The lowest BCUT2D eigenvalue weighted by atomic mass is 9.87. The first-order valence-electron chi connectivity index (χ1n) is 10.4. The van der Waals surface area contributed by atoms with Gasteiger partial charge < -0.3 is 20.5 Å². The average molecular weight is 424 g/mol. The summed E-state index contributed by atoms with van der Waals surface area (Å²) in [5.41, 5.74) is 3.43. The zero-order valence-electron chi connectivity index (χ0n) is 18.0. The van der Waals surface area contributed by atoms with Gasteiger partial charge in [-0.05, 0) is 42.5 Å². The number of amides is 2. The van der Waals surface area contributed by atoms with E-state index >= 15 is 0 Å². The van der Waals surface area contributed by atoms with Crippen LogP contribution in [0.2, 0.25) is 0 Å². The van der Waals surface area contributed by atoms with Crippen molar-refractivity contribution in [3.63, 3.8) is 0 Å². The van der Waals surface area contributed by atoms with E-state index < -0.39 is 29.4 Å². The van der Waals surface area contributed by atoms with Crippen molar-refractivity contribution >= 4 is 18.0 Å². The highest BCUT2D eigenvalue weighted by Gasteiger charge is 2.32. The maximum Gasteiger partial charge on any atom is 0.407 e. The van der Waals surface area contributed by atoms with Gasteiger partial charge in [0.05, 0.1) is 5.41 Å². The number of aliphatic carboxylic acids is 1. The predicted molar refractivity (Wildman–Crippen MR) is 117 cm³/mol. The quantitative estimate of drug-likeness (QED) is 0.601. The number of carbonyl (C=O) groups excluding carboxylic acids is 2. The molecule has 2 aromatic rings. The van der Waals surface area contributed by atoms with Crippen LogP contribution in [0, 0.1) is 5.41 Å². The molecule has 0 aliphatic heterocycles. The van der Waals surface area contributed by atoms with Crippen LogP contribution in [0.1, 0.15) is 44.2 Å².